The molecular formula is C20H19F3N4O2. The molecule has 0 unspecified atom stereocenters. The highest BCUT2D eigenvalue weighted by molar-refractivity contribution is 5.95. The van der Waals surface area contributed by atoms with E-state index in [4.69, 9.17) is 5.26 Å². The number of hydrogen-bond acceptors (Lipinski definition) is 4. The molecular weight excluding hydrogens is 385 g/mol. The molecule has 0 atom stereocenters. The maximum absolute atomic E-state index is 13.0. The van der Waals surface area contributed by atoms with Gasteiger partial charge >= 0.3 is 6.18 Å². The lowest BCUT2D eigenvalue weighted by Gasteiger charge is -2.17. The zero-order valence-electron chi connectivity index (χ0n) is 15.6. The van der Waals surface area contributed by atoms with Crippen LogP contribution in [0, 0.1) is 11.3 Å². The van der Waals surface area contributed by atoms with Gasteiger partial charge in [-0.2, -0.15) is 18.4 Å². The highest BCUT2D eigenvalue weighted by atomic mass is 19.4. The summed E-state index contributed by atoms with van der Waals surface area (Å²) in [4.78, 5) is 25.5. The number of nitrogens with one attached hydrogen (secondary N) is 2. The molecule has 2 aromatic carbocycles. The largest absolute Gasteiger partial charge is 0.418 e. The van der Waals surface area contributed by atoms with Crippen molar-refractivity contribution in [3.05, 3.63) is 59.7 Å². The summed E-state index contributed by atoms with van der Waals surface area (Å²) in [5, 5.41) is 13.5. The number of benzene rings is 2. The standard InChI is InChI=1S/C20H19F3N4O2/c1-27(12-18(28)25-15-8-6-14(7-9-15)10-11-24)13-19(29)26-17-5-3-2-4-16(17)20(21,22)23/h2-9H,10,12-13H2,1H3,(H,25,28)(H,26,29). The summed E-state index contributed by atoms with van der Waals surface area (Å²) in [5.74, 6) is -1.05. The van der Waals surface area contributed by atoms with E-state index in [1.54, 1.807) is 24.3 Å². The molecule has 0 saturated carbocycles. The van der Waals surface area contributed by atoms with Gasteiger partial charge in [0, 0.05) is 5.69 Å². The second-order valence-corrected chi connectivity index (χ2v) is 6.34. The number of carbonyl (C=O) groups is 2. The number of rotatable bonds is 7. The average Bonchev–Trinajstić information content (AvgIpc) is 2.62. The van der Waals surface area contributed by atoms with Crippen LogP contribution < -0.4 is 10.6 Å². The molecule has 2 rings (SSSR count). The van der Waals surface area contributed by atoms with Gasteiger partial charge in [0.25, 0.3) is 0 Å². The summed E-state index contributed by atoms with van der Waals surface area (Å²) in [5.41, 5.74) is 0.0842. The van der Waals surface area contributed by atoms with Gasteiger partial charge in [0.15, 0.2) is 0 Å². The second-order valence-electron chi connectivity index (χ2n) is 6.34. The van der Waals surface area contributed by atoms with E-state index in [0.717, 1.165) is 11.6 Å². The molecule has 2 N–H and O–H groups in total. The van der Waals surface area contributed by atoms with Crippen LogP contribution in [0.2, 0.25) is 0 Å². The third-order valence-corrected chi connectivity index (χ3v) is 3.85. The molecule has 29 heavy (non-hydrogen) atoms. The van der Waals surface area contributed by atoms with Crippen LogP contribution in [-0.2, 0) is 22.2 Å². The quantitative estimate of drug-likeness (QED) is 0.742. The number of hydrogen-bond donors (Lipinski definition) is 2. The van der Waals surface area contributed by atoms with Crippen LogP contribution in [0.25, 0.3) is 0 Å². The van der Waals surface area contributed by atoms with Crippen LogP contribution in [0.1, 0.15) is 11.1 Å². The third kappa shape index (κ3) is 6.93. The van der Waals surface area contributed by atoms with Gasteiger partial charge in [0.1, 0.15) is 0 Å². The van der Waals surface area contributed by atoms with Crippen molar-refractivity contribution in [2.75, 3.05) is 30.8 Å². The number of likely N-dealkylation sites (N-methyl/N-ethyl adjacent to an activating group) is 1. The Hall–Kier alpha value is -3.38. The Kier molecular flexibility index (Phi) is 7.33. The van der Waals surface area contributed by atoms with E-state index in [9.17, 15) is 22.8 Å². The lowest BCUT2D eigenvalue weighted by molar-refractivity contribution is -0.137. The van der Waals surface area contributed by atoms with E-state index in [-0.39, 0.29) is 31.1 Å². The smallest absolute Gasteiger partial charge is 0.325 e. The molecule has 6 nitrogen and oxygen atoms in total. The minimum atomic E-state index is -4.58. The number of para-hydroxylation sites is 1. The molecule has 0 bridgehead atoms. The number of halogens is 3. The summed E-state index contributed by atoms with van der Waals surface area (Å²) < 4.78 is 38.9. The van der Waals surface area contributed by atoms with Crippen molar-refractivity contribution in [2.24, 2.45) is 0 Å². The average molecular weight is 404 g/mol. The lowest BCUT2D eigenvalue weighted by Crippen LogP contribution is -2.36. The molecule has 0 heterocycles. The summed E-state index contributed by atoms with van der Waals surface area (Å²) in [6.07, 6.45) is -4.32. The second kappa shape index (κ2) is 9.71. The van der Waals surface area contributed by atoms with Crippen molar-refractivity contribution in [1.82, 2.24) is 4.90 Å². The van der Waals surface area contributed by atoms with Gasteiger partial charge in [-0.1, -0.05) is 24.3 Å². The van der Waals surface area contributed by atoms with Crippen molar-refractivity contribution >= 4 is 23.2 Å². The van der Waals surface area contributed by atoms with Gasteiger partial charge < -0.3 is 10.6 Å². The van der Waals surface area contributed by atoms with Crippen LogP contribution in [-0.4, -0.2) is 36.9 Å². The third-order valence-electron chi connectivity index (χ3n) is 3.85. The molecule has 2 aromatic rings. The van der Waals surface area contributed by atoms with Crippen LogP contribution >= 0.6 is 0 Å². The van der Waals surface area contributed by atoms with Crippen molar-refractivity contribution in [2.45, 2.75) is 12.6 Å². The van der Waals surface area contributed by atoms with Gasteiger partial charge in [0.2, 0.25) is 11.8 Å². The van der Waals surface area contributed by atoms with E-state index in [1.807, 2.05) is 6.07 Å². The van der Waals surface area contributed by atoms with Gasteiger partial charge in [-0.3, -0.25) is 14.5 Å². The topological polar surface area (TPSA) is 85.2 Å². The molecule has 2 amide bonds. The van der Waals surface area contributed by atoms with E-state index in [1.165, 1.54) is 30.1 Å². The first-order valence-electron chi connectivity index (χ1n) is 8.59. The van der Waals surface area contributed by atoms with Gasteiger partial charge in [0.05, 0.1) is 36.8 Å². The van der Waals surface area contributed by atoms with Gasteiger partial charge in [-0.05, 0) is 36.9 Å². The molecule has 9 heteroatoms. The maximum atomic E-state index is 13.0. The van der Waals surface area contributed by atoms with Crippen LogP contribution in [0.4, 0.5) is 24.5 Å². The van der Waals surface area contributed by atoms with Crippen LogP contribution in [0.3, 0.4) is 0 Å². The Morgan fingerprint density at radius 1 is 1.00 bits per heavy atom. The number of nitriles is 1. The van der Waals surface area contributed by atoms with Gasteiger partial charge in [-0.25, -0.2) is 0 Å². The highest BCUT2D eigenvalue weighted by Gasteiger charge is 2.33. The first kappa shape index (κ1) is 21.9. The number of carbonyl (C=O) groups excluding carboxylic acids is 2. The predicted molar refractivity (Wildman–Crippen MR) is 102 cm³/mol. The Balaban J connectivity index is 1.87. The van der Waals surface area contributed by atoms with Crippen LogP contribution in [0.5, 0.6) is 0 Å². The minimum Gasteiger partial charge on any atom is -0.325 e. The number of anilines is 2. The molecule has 0 aromatic heterocycles. The first-order valence-corrected chi connectivity index (χ1v) is 8.59. The fraction of sp³-hybridized carbons (Fsp3) is 0.250. The van der Waals surface area contributed by atoms with Crippen LogP contribution in [0.15, 0.2) is 48.5 Å². The molecule has 0 aliphatic carbocycles. The monoisotopic (exact) mass is 404 g/mol. The van der Waals surface area contributed by atoms with E-state index < -0.39 is 17.6 Å². The minimum absolute atomic E-state index is 0.131. The van der Waals surface area contributed by atoms with E-state index >= 15 is 0 Å². The zero-order valence-corrected chi connectivity index (χ0v) is 15.6. The van der Waals surface area contributed by atoms with E-state index in [2.05, 4.69) is 10.6 Å². The molecule has 0 radical (unpaired) electrons. The lowest BCUT2D eigenvalue weighted by atomic mass is 10.1. The fourth-order valence-electron chi connectivity index (χ4n) is 2.57. The summed E-state index contributed by atoms with van der Waals surface area (Å²) in [7, 11) is 1.50. The molecule has 152 valence electrons. The number of nitrogens with zero attached hydrogens (tertiary/aromatic N) is 2. The molecule has 0 aliphatic heterocycles. The van der Waals surface area contributed by atoms with E-state index in [0.29, 0.717) is 5.69 Å². The molecule has 0 spiro atoms. The number of amides is 2. The van der Waals surface area contributed by atoms with Crippen molar-refractivity contribution in [3.63, 3.8) is 0 Å². The summed E-state index contributed by atoms with van der Waals surface area (Å²) >= 11 is 0. The zero-order chi connectivity index (χ0) is 21.4. The Morgan fingerprint density at radius 2 is 1.59 bits per heavy atom. The summed E-state index contributed by atoms with van der Waals surface area (Å²) in [6.45, 7) is -0.394. The van der Waals surface area contributed by atoms with Gasteiger partial charge in [-0.15, -0.1) is 0 Å². The van der Waals surface area contributed by atoms with Crippen molar-refractivity contribution in [3.8, 4) is 6.07 Å². The Bertz CT molecular complexity index is 905. The highest BCUT2D eigenvalue weighted by Crippen LogP contribution is 2.34. The normalized spacial score (nSPS) is 11.0. The molecule has 0 fully saturated rings. The first-order chi connectivity index (χ1) is 13.7. The van der Waals surface area contributed by atoms with Crippen molar-refractivity contribution in [1.29, 1.82) is 5.26 Å². The fourth-order valence-corrected chi connectivity index (χ4v) is 2.57. The summed E-state index contributed by atoms with van der Waals surface area (Å²) in [6, 6.07) is 13.5. The number of alkyl halides is 3. The Morgan fingerprint density at radius 3 is 2.17 bits per heavy atom. The molecule has 0 aliphatic rings. The Labute approximate surface area is 165 Å². The molecule has 0 saturated heterocycles. The van der Waals surface area contributed by atoms with Crippen molar-refractivity contribution < 1.29 is 22.8 Å². The predicted octanol–water partition coefficient (Wildman–Crippen LogP) is 3.28. The maximum Gasteiger partial charge on any atom is 0.418 e. The SMILES string of the molecule is CN(CC(=O)Nc1ccc(CC#N)cc1)CC(=O)Nc1ccccc1C(F)(F)F.